The van der Waals surface area contributed by atoms with E-state index in [1.807, 2.05) is 19.1 Å². The quantitative estimate of drug-likeness (QED) is 0.287. The molecule has 0 aliphatic rings. The van der Waals surface area contributed by atoms with Crippen molar-refractivity contribution >= 4 is 34.2 Å². The molecule has 0 aliphatic carbocycles. The van der Waals surface area contributed by atoms with E-state index in [0.717, 1.165) is 5.56 Å². The number of nitrogens with one attached hydrogen (secondary N) is 3. The van der Waals surface area contributed by atoms with Gasteiger partial charge in [0.05, 0.1) is 5.69 Å². The van der Waals surface area contributed by atoms with Crippen molar-refractivity contribution in [1.29, 1.82) is 0 Å². The van der Waals surface area contributed by atoms with Crippen molar-refractivity contribution in [2.24, 2.45) is 0 Å². The molecule has 5 aromatic rings. The highest BCUT2D eigenvalue weighted by Gasteiger charge is 2.24. The highest BCUT2D eigenvalue weighted by Crippen LogP contribution is 2.32. The van der Waals surface area contributed by atoms with E-state index < -0.39 is 11.8 Å². The first-order chi connectivity index (χ1) is 16.5. The summed E-state index contributed by atoms with van der Waals surface area (Å²) in [6.45, 7) is 1.96. The highest BCUT2D eigenvalue weighted by molar-refractivity contribution is 6.16. The van der Waals surface area contributed by atoms with Crippen LogP contribution in [0.25, 0.3) is 22.2 Å². The second kappa shape index (κ2) is 8.59. The maximum atomic E-state index is 13.0. The third-order valence-corrected chi connectivity index (χ3v) is 5.35. The lowest BCUT2D eigenvalue weighted by atomic mass is 10.1. The number of anilines is 2. The van der Waals surface area contributed by atoms with E-state index in [0.29, 0.717) is 27.9 Å². The Hall–Kier alpha value is -4.85. The molecule has 5 rings (SSSR count). The fourth-order valence-electron chi connectivity index (χ4n) is 3.60. The second-order valence-electron chi connectivity index (χ2n) is 7.76. The third kappa shape index (κ3) is 4.00. The van der Waals surface area contributed by atoms with E-state index in [9.17, 15) is 14.7 Å². The summed E-state index contributed by atoms with van der Waals surface area (Å²) in [5.74, 6) is -0.965. The van der Waals surface area contributed by atoms with Crippen LogP contribution in [0, 0.1) is 6.92 Å². The summed E-state index contributed by atoms with van der Waals surface area (Å²) in [5.41, 5.74) is 3.46. The Labute approximate surface area is 194 Å². The van der Waals surface area contributed by atoms with Gasteiger partial charge in [-0.3, -0.25) is 14.7 Å². The van der Waals surface area contributed by atoms with Crippen LogP contribution in [0.3, 0.4) is 0 Å². The molecule has 0 fully saturated rings. The van der Waals surface area contributed by atoms with Crippen LogP contribution in [0.1, 0.15) is 26.6 Å². The average molecular weight is 452 g/mol. The van der Waals surface area contributed by atoms with Gasteiger partial charge in [-0.15, -0.1) is 0 Å². The summed E-state index contributed by atoms with van der Waals surface area (Å²) in [4.78, 5) is 26.1. The Morgan fingerprint density at radius 3 is 2.44 bits per heavy atom. The van der Waals surface area contributed by atoms with Gasteiger partial charge < -0.3 is 20.2 Å². The highest BCUT2D eigenvalue weighted by atomic mass is 16.3. The van der Waals surface area contributed by atoms with Gasteiger partial charge in [0, 0.05) is 16.6 Å². The molecule has 2 amide bonds. The number of H-pyrrole nitrogens is 1. The summed E-state index contributed by atoms with van der Waals surface area (Å²) in [6.07, 6.45) is 0. The summed E-state index contributed by atoms with van der Waals surface area (Å²) < 4.78 is 5.80. The molecule has 0 saturated carbocycles. The molecule has 2 aromatic heterocycles. The number of hydrogen-bond donors (Lipinski definition) is 4. The van der Waals surface area contributed by atoms with Gasteiger partial charge in [0.2, 0.25) is 5.76 Å². The van der Waals surface area contributed by atoms with Gasteiger partial charge in [0.25, 0.3) is 11.8 Å². The number of rotatable bonds is 5. The second-order valence-corrected chi connectivity index (χ2v) is 7.76. The van der Waals surface area contributed by atoms with Crippen LogP contribution in [0.4, 0.5) is 11.4 Å². The van der Waals surface area contributed by atoms with E-state index in [-0.39, 0.29) is 22.9 Å². The Morgan fingerprint density at radius 1 is 0.912 bits per heavy atom. The van der Waals surface area contributed by atoms with Crippen molar-refractivity contribution in [3.63, 3.8) is 0 Å². The fraction of sp³-hybridized carbons (Fsp3) is 0.0385. The number of carbonyl (C=O) groups excluding carboxylic acids is 2. The van der Waals surface area contributed by atoms with Gasteiger partial charge >= 0.3 is 0 Å². The number of benzene rings is 3. The van der Waals surface area contributed by atoms with Gasteiger partial charge in [0.1, 0.15) is 22.7 Å². The van der Waals surface area contributed by atoms with Crippen LogP contribution in [0.5, 0.6) is 5.75 Å². The number of phenolic OH excluding ortho intramolecular Hbond substituents is 1. The molecule has 8 nitrogen and oxygen atoms in total. The Morgan fingerprint density at radius 2 is 1.65 bits per heavy atom. The van der Waals surface area contributed by atoms with Gasteiger partial charge in [-0.1, -0.05) is 42.0 Å². The fourth-order valence-corrected chi connectivity index (χ4v) is 3.60. The summed E-state index contributed by atoms with van der Waals surface area (Å²) >= 11 is 0. The molecule has 3 aromatic carbocycles. The number of aryl methyl sites for hydroxylation is 1. The van der Waals surface area contributed by atoms with Gasteiger partial charge in [-0.25, -0.2) is 0 Å². The van der Waals surface area contributed by atoms with E-state index >= 15 is 0 Å². The summed E-state index contributed by atoms with van der Waals surface area (Å²) in [6, 6.07) is 22.6. The minimum atomic E-state index is -0.509. The molecule has 0 spiro atoms. The lowest BCUT2D eigenvalue weighted by Gasteiger charge is -2.07. The lowest BCUT2D eigenvalue weighted by Crippen LogP contribution is -2.17. The molecule has 4 N–H and O–H groups in total. The van der Waals surface area contributed by atoms with Crippen molar-refractivity contribution in [2.75, 3.05) is 10.6 Å². The first kappa shape index (κ1) is 21.0. The van der Waals surface area contributed by atoms with Crippen LogP contribution in [-0.2, 0) is 0 Å². The first-order valence-corrected chi connectivity index (χ1v) is 10.5. The number of carbonyl (C=O) groups is 2. The standard InChI is InChI=1S/C26H20N4O4/c1-15-10-12-16(13-11-15)27-26(33)24-23(18-7-3-5-9-22(18)34-24)28-25(32)20-14-19(29-30-20)17-6-2-4-8-21(17)31/h2-14,31H,1H3,(H,27,33)(H,28,32)(H,29,30). The maximum absolute atomic E-state index is 13.0. The van der Waals surface area contributed by atoms with Crippen molar-refractivity contribution in [1.82, 2.24) is 10.2 Å². The topological polar surface area (TPSA) is 120 Å². The molecule has 2 heterocycles. The van der Waals surface area contributed by atoms with Gasteiger partial charge in [-0.2, -0.15) is 5.10 Å². The zero-order chi connectivity index (χ0) is 23.7. The largest absolute Gasteiger partial charge is 0.507 e. The third-order valence-electron chi connectivity index (χ3n) is 5.35. The zero-order valence-corrected chi connectivity index (χ0v) is 18.1. The molecule has 8 heteroatoms. The number of phenols is 1. The Bertz CT molecular complexity index is 1520. The Balaban J connectivity index is 1.45. The molecule has 0 radical (unpaired) electrons. The zero-order valence-electron chi connectivity index (χ0n) is 18.1. The first-order valence-electron chi connectivity index (χ1n) is 10.5. The molecule has 0 atom stereocenters. The predicted molar refractivity (Wildman–Crippen MR) is 129 cm³/mol. The van der Waals surface area contributed by atoms with Crippen LogP contribution in [0.2, 0.25) is 0 Å². The van der Waals surface area contributed by atoms with Crippen LogP contribution in [0.15, 0.2) is 83.3 Å². The van der Waals surface area contributed by atoms with E-state index in [2.05, 4.69) is 20.8 Å². The smallest absolute Gasteiger partial charge is 0.293 e. The number of hydrogen-bond acceptors (Lipinski definition) is 5. The monoisotopic (exact) mass is 452 g/mol. The normalized spacial score (nSPS) is 10.9. The number of para-hydroxylation sites is 2. The summed E-state index contributed by atoms with van der Waals surface area (Å²) in [5, 5.41) is 23.0. The molecular weight excluding hydrogens is 432 g/mol. The van der Waals surface area contributed by atoms with Crippen molar-refractivity contribution in [3.05, 3.63) is 95.9 Å². The number of amides is 2. The van der Waals surface area contributed by atoms with Crippen molar-refractivity contribution in [2.45, 2.75) is 6.92 Å². The molecule has 0 unspecified atom stereocenters. The summed E-state index contributed by atoms with van der Waals surface area (Å²) in [7, 11) is 0. The number of furan rings is 1. The van der Waals surface area contributed by atoms with Gasteiger partial charge in [-0.05, 0) is 49.4 Å². The number of aromatic amines is 1. The number of aromatic hydroxyl groups is 1. The average Bonchev–Trinajstić information content (AvgIpc) is 3.47. The number of fused-ring (bicyclic) bond motifs is 1. The number of nitrogens with zero attached hydrogens (tertiary/aromatic N) is 1. The van der Waals surface area contributed by atoms with Crippen LogP contribution in [-0.4, -0.2) is 27.1 Å². The van der Waals surface area contributed by atoms with E-state index in [1.54, 1.807) is 60.7 Å². The molecule has 168 valence electrons. The molecule has 0 saturated heterocycles. The van der Waals surface area contributed by atoms with Crippen LogP contribution < -0.4 is 10.6 Å². The minimum absolute atomic E-state index is 0.0180. The van der Waals surface area contributed by atoms with Crippen molar-refractivity contribution in [3.8, 4) is 17.0 Å². The minimum Gasteiger partial charge on any atom is -0.507 e. The molecular formula is C26H20N4O4. The molecule has 34 heavy (non-hydrogen) atoms. The maximum Gasteiger partial charge on any atom is 0.293 e. The number of aromatic nitrogens is 2. The van der Waals surface area contributed by atoms with E-state index in [4.69, 9.17) is 4.42 Å². The van der Waals surface area contributed by atoms with E-state index in [1.165, 1.54) is 6.07 Å². The van der Waals surface area contributed by atoms with Gasteiger partial charge in [0.15, 0.2) is 0 Å². The molecule has 0 bridgehead atoms. The Kier molecular flexibility index (Phi) is 5.31. The SMILES string of the molecule is Cc1ccc(NC(=O)c2oc3ccccc3c2NC(=O)c2cc(-c3ccccc3O)n[nH]2)cc1. The predicted octanol–water partition coefficient (Wildman–Crippen LogP) is 5.34. The van der Waals surface area contributed by atoms with Crippen molar-refractivity contribution < 1.29 is 19.1 Å². The lowest BCUT2D eigenvalue weighted by molar-refractivity contribution is 0.0999. The van der Waals surface area contributed by atoms with Crippen LogP contribution >= 0.6 is 0 Å². The molecule has 0 aliphatic heterocycles.